The van der Waals surface area contributed by atoms with Crippen LogP contribution in [-0.2, 0) is 0 Å². The molecule has 7 nitrogen and oxygen atoms in total. The Labute approximate surface area is 177 Å². The van der Waals surface area contributed by atoms with Gasteiger partial charge in [0.15, 0.2) is 0 Å². The van der Waals surface area contributed by atoms with Crippen LogP contribution in [-0.4, -0.2) is 30.3 Å². The summed E-state index contributed by atoms with van der Waals surface area (Å²) in [7, 11) is 3.20. The van der Waals surface area contributed by atoms with E-state index in [2.05, 4.69) is 15.5 Å². The predicted molar refractivity (Wildman–Crippen MR) is 115 cm³/mol. The van der Waals surface area contributed by atoms with Crippen molar-refractivity contribution in [3.63, 3.8) is 0 Å². The largest absolute Gasteiger partial charge is 0.497 e. The number of fused-ring (bicyclic) bond motifs is 1. The second kappa shape index (κ2) is 8.16. The fraction of sp³-hybridized carbons (Fsp3) is 0.227. The Morgan fingerprint density at radius 3 is 2.73 bits per heavy atom. The Kier molecular flexibility index (Phi) is 5.41. The van der Waals surface area contributed by atoms with E-state index in [9.17, 15) is 4.79 Å². The molecule has 1 aromatic carbocycles. The van der Waals surface area contributed by atoms with E-state index in [-0.39, 0.29) is 11.9 Å². The van der Waals surface area contributed by atoms with Crippen molar-refractivity contribution in [1.29, 1.82) is 0 Å². The summed E-state index contributed by atoms with van der Waals surface area (Å²) in [5.74, 6) is 1.11. The molecule has 0 saturated heterocycles. The average Bonchev–Trinajstić information content (AvgIpc) is 3.43. The van der Waals surface area contributed by atoms with Crippen molar-refractivity contribution in [3.8, 4) is 22.1 Å². The third-order valence-electron chi connectivity index (χ3n) is 4.89. The highest BCUT2D eigenvalue weighted by atomic mass is 32.1. The molecule has 1 unspecified atom stereocenters. The molecule has 0 aliphatic heterocycles. The van der Waals surface area contributed by atoms with E-state index < -0.39 is 0 Å². The number of ether oxygens (including phenoxy) is 2. The minimum atomic E-state index is -0.323. The summed E-state index contributed by atoms with van der Waals surface area (Å²) in [4.78, 5) is 18.8. The van der Waals surface area contributed by atoms with Gasteiger partial charge in [-0.1, -0.05) is 11.2 Å². The first-order chi connectivity index (χ1) is 14.5. The normalized spacial score (nSPS) is 12.0. The summed E-state index contributed by atoms with van der Waals surface area (Å²) in [5, 5.41) is 9.62. The van der Waals surface area contributed by atoms with Crippen molar-refractivity contribution in [2.75, 3.05) is 14.2 Å². The van der Waals surface area contributed by atoms with Crippen LogP contribution in [0.5, 0.6) is 11.5 Å². The molecule has 1 amide bonds. The van der Waals surface area contributed by atoms with Crippen molar-refractivity contribution in [2.24, 2.45) is 0 Å². The number of benzene rings is 1. The third-order valence-corrected chi connectivity index (χ3v) is 5.78. The molecule has 1 atom stereocenters. The van der Waals surface area contributed by atoms with Crippen LogP contribution < -0.4 is 14.8 Å². The Bertz CT molecular complexity index is 1200. The fourth-order valence-electron chi connectivity index (χ4n) is 3.35. The first-order valence-electron chi connectivity index (χ1n) is 9.35. The zero-order valence-corrected chi connectivity index (χ0v) is 17.9. The van der Waals surface area contributed by atoms with Gasteiger partial charge in [0.25, 0.3) is 11.6 Å². The number of hydrogen-bond acceptors (Lipinski definition) is 7. The van der Waals surface area contributed by atoms with Crippen LogP contribution in [0.25, 0.3) is 21.7 Å². The van der Waals surface area contributed by atoms with Gasteiger partial charge in [-0.25, -0.2) is 4.98 Å². The van der Waals surface area contributed by atoms with Crippen LogP contribution in [0.2, 0.25) is 0 Å². The molecule has 4 aromatic rings. The van der Waals surface area contributed by atoms with Crippen molar-refractivity contribution < 1.29 is 18.8 Å². The summed E-state index contributed by atoms with van der Waals surface area (Å²) in [5.41, 5.74) is 2.92. The number of pyridine rings is 1. The van der Waals surface area contributed by atoms with Crippen molar-refractivity contribution in [2.45, 2.75) is 19.9 Å². The zero-order valence-electron chi connectivity index (χ0n) is 17.1. The Hall–Kier alpha value is -3.39. The van der Waals surface area contributed by atoms with E-state index in [1.54, 1.807) is 38.5 Å². The highest BCUT2D eigenvalue weighted by Gasteiger charge is 2.22. The molecule has 0 saturated carbocycles. The minimum Gasteiger partial charge on any atom is -0.497 e. The molecule has 4 rings (SSSR count). The summed E-state index contributed by atoms with van der Waals surface area (Å²) < 4.78 is 16.1. The maximum Gasteiger partial charge on any atom is 0.259 e. The van der Waals surface area contributed by atoms with Crippen LogP contribution in [0.15, 0.2) is 46.3 Å². The van der Waals surface area contributed by atoms with E-state index in [1.165, 1.54) is 0 Å². The maximum atomic E-state index is 13.3. The first kappa shape index (κ1) is 19.9. The summed E-state index contributed by atoms with van der Waals surface area (Å²) in [6, 6.07) is 10.8. The second-order valence-electron chi connectivity index (χ2n) is 6.78. The maximum absolute atomic E-state index is 13.3. The van der Waals surface area contributed by atoms with E-state index in [0.29, 0.717) is 39.6 Å². The Balaban J connectivity index is 1.72. The number of nitrogens with one attached hydrogen (secondary N) is 1. The number of methoxy groups -OCH3 is 2. The van der Waals surface area contributed by atoms with Gasteiger partial charge in [0.1, 0.15) is 11.5 Å². The van der Waals surface area contributed by atoms with Gasteiger partial charge in [0, 0.05) is 5.56 Å². The lowest BCUT2D eigenvalue weighted by atomic mass is 10.0. The van der Waals surface area contributed by atoms with Gasteiger partial charge in [-0.2, -0.15) is 0 Å². The van der Waals surface area contributed by atoms with Gasteiger partial charge < -0.3 is 19.3 Å². The fourth-order valence-corrected chi connectivity index (χ4v) is 4.04. The van der Waals surface area contributed by atoms with Crippen molar-refractivity contribution in [1.82, 2.24) is 15.5 Å². The van der Waals surface area contributed by atoms with E-state index in [1.807, 2.05) is 42.6 Å². The number of carbonyl (C=O) groups is 1. The van der Waals surface area contributed by atoms with Gasteiger partial charge in [0.2, 0.25) is 0 Å². The standard InChI is InChI=1S/C22H21N3O4S/c1-12(15-10-14(27-3)7-8-18(15)28-4)23-21(26)16-11-17(19-6-5-9-30-19)24-22-20(16)13(2)25-29-22/h5-12H,1-4H3,(H,23,26). The van der Waals surface area contributed by atoms with Crippen molar-refractivity contribution in [3.05, 3.63) is 58.6 Å². The van der Waals surface area contributed by atoms with Crippen LogP contribution in [0.1, 0.15) is 34.6 Å². The lowest BCUT2D eigenvalue weighted by Gasteiger charge is -2.18. The van der Waals surface area contributed by atoms with Crippen LogP contribution >= 0.6 is 11.3 Å². The molecular weight excluding hydrogens is 402 g/mol. The molecule has 0 fully saturated rings. The number of nitrogens with zero attached hydrogens (tertiary/aromatic N) is 2. The second-order valence-corrected chi connectivity index (χ2v) is 7.73. The molecule has 154 valence electrons. The van der Waals surface area contributed by atoms with E-state index >= 15 is 0 Å². The third kappa shape index (κ3) is 3.61. The smallest absolute Gasteiger partial charge is 0.259 e. The molecule has 30 heavy (non-hydrogen) atoms. The molecule has 0 bridgehead atoms. The molecular formula is C22H21N3O4S. The zero-order chi connectivity index (χ0) is 21.3. The van der Waals surface area contributed by atoms with Crippen molar-refractivity contribution >= 4 is 28.3 Å². The lowest BCUT2D eigenvalue weighted by molar-refractivity contribution is 0.0941. The summed E-state index contributed by atoms with van der Waals surface area (Å²) >= 11 is 1.54. The van der Waals surface area contributed by atoms with Gasteiger partial charge in [0.05, 0.1) is 47.5 Å². The van der Waals surface area contributed by atoms with Crippen LogP contribution in [0, 0.1) is 6.92 Å². The molecule has 0 aliphatic carbocycles. The first-order valence-corrected chi connectivity index (χ1v) is 10.2. The minimum absolute atomic E-state index is 0.246. The highest BCUT2D eigenvalue weighted by Crippen LogP contribution is 2.32. The predicted octanol–water partition coefficient (Wildman–Crippen LogP) is 4.77. The molecule has 3 heterocycles. The quantitative estimate of drug-likeness (QED) is 0.481. The molecule has 0 spiro atoms. The number of carbonyl (C=O) groups excluding carboxylic acids is 1. The van der Waals surface area contributed by atoms with Crippen LogP contribution in [0.4, 0.5) is 0 Å². The molecule has 0 radical (unpaired) electrons. The van der Waals surface area contributed by atoms with Gasteiger partial charge in [-0.15, -0.1) is 11.3 Å². The number of aryl methyl sites for hydroxylation is 1. The molecule has 8 heteroatoms. The number of hydrogen-bond donors (Lipinski definition) is 1. The van der Waals surface area contributed by atoms with Crippen LogP contribution in [0.3, 0.4) is 0 Å². The number of aromatic nitrogens is 2. The molecule has 1 N–H and O–H groups in total. The molecule has 3 aromatic heterocycles. The SMILES string of the molecule is COc1ccc(OC)c(C(C)NC(=O)c2cc(-c3cccs3)nc3onc(C)c23)c1. The monoisotopic (exact) mass is 423 g/mol. The average molecular weight is 423 g/mol. The number of thiophene rings is 1. The van der Waals surface area contributed by atoms with Gasteiger partial charge in [-0.05, 0) is 49.6 Å². The topological polar surface area (TPSA) is 86.5 Å². The lowest BCUT2D eigenvalue weighted by Crippen LogP contribution is -2.27. The van der Waals surface area contributed by atoms with E-state index in [4.69, 9.17) is 14.0 Å². The van der Waals surface area contributed by atoms with Gasteiger partial charge in [-0.3, -0.25) is 4.79 Å². The summed E-state index contributed by atoms with van der Waals surface area (Å²) in [6.45, 7) is 3.69. The Morgan fingerprint density at radius 2 is 2.03 bits per heavy atom. The Morgan fingerprint density at radius 1 is 1.20 bits per heavy atom. The van der Waals surface area contributed by atoms with E-state index in [0.717, 1.165) is 10.4 Å². The van der Waals surface area contributed by atoms with Gasteiger partial charge >= 0.3 is 0 Å². The summed E-state index contributed by atoms with van der Waals surface area (Å²) in [6.07, 6.45) is 0. The highest BCUT2D eigenvalue weighted by molar-refractivity contribution is 7.13. The number of rotatable bonds is 6. The number of amides is 1. The molecule has 0 aliphatic rings.